The number of hydrogen-bond donors (Lipinski definition) is 3. The van der Waals surface area contributed by atoms with Gasteiger partial charge in [-0.2, -0.15) is 0 Å². The van der Waals surface area contributed by atoms with Gasteiger partial charge in [-0.1, -0.05) is 0 Å². The number of pyridine rings is 1. The molecule has 1 aromatic rings. The first-order valence-electron chi connectivity index (χ1n) is 6.82. The predicted octanol–water partition coefficient (Wildman–Crippen LogP) is 1.89. The number of carboxylic acid groups (broad SMARTS) is 1. The van der Waals surface area contributed by atoms with E-state index >= 15 is 0 Å². The van der Waals surface area contributed by atoms with E-state index in [9.17, 15) is 4.79 Å². The Labute approximate surface area is 120 Å². The van der Waals surface area contributed by atoms with E-state index in [1.165, 1.54) is 6.07 Å². The van der Waals surface area contributed by atoms with Crippen molar-refractivity contribution in [2.24, 2.45) is 0 Å². The molecule has 0 aliphatic heterocycles. The highest BCUT2D eigenvalue weighted by Gasteiger charge is 2.13. The van der Waals surface area contributed by atoms with Crippen molar-refractivity contribution in [3.05, 3.63) is 17.8 Å². The summed E-state index contributed by atoms with van der Waals surface area (Å²) in [4.78, 5) is 17.2. The molecule has 0 fully saturated rings. The molecule has 0 amide bonds. The molecule has 0 radical (unpaired) electrons. The normalized spacial score (nSPS) is 11.3. The Morgan fingerprint density at radius 1 is 1.35 bits per heavy atom. The quantitative estimate of drug-likeness (QED) is 0.706. The van der Waals surface area contributed by atoms with Gasteiger partial charge in [0.15, 0.2) is 5.69 Å². The number of carbonyl (C=O) groups is 1. The van der Waals surface area contributed by atoms with Crippen LogP contribution in [0, 0.1) is 0 Å². The Bertz CT molecular complexity index is 452. The Balaban J connectivity index is 2.65. The van der Waals surface area contributed by atoms with E-state index in [-0.39, 0.29) is 5.69 Å². The van der Waals surface area contributed by atoms with Crippen LogP contribution < -0.4 is 11.1 Å². The number of nitrogens with zero attached hydrogens (tertiary/aromatic N) is 2. The van der Waals surface area contributed by atoms with Crippen LogP contribution in [0.1, 0.15) is 38.2 Å². The first-order valence-corrected chi connectivity index (χ1v) is 6.82. The molecule has 0 spiro atoms. The molecule has 0 saturated carbocycles. The standard InChI is InChI=1S/C14H24N4O2/c1-9(2)18(10(3)4)8-7-16-13-11(15)5-6-12(17-13)14(19)20/h5-6,9-10H,7-8,15H2,1-4H3,(H,16,17)(H,19,20). The number of aromatic nitrogens is 1. The lowest BCUT2D eigenvalue weighted by molar-refractivity contribution is 0.0690. The molecule has 0 saturated heterocycles. The van der Waals surface area contributed by atoms with Crippen LogP contribution in [0.25, 0.3) is 0 Å². The van der Waals surface area contributed by atoms with Gasteiger partial charge in [-0.15, -0.1) is 0 Å². The van der Waals surface area contributed by atoms with E-state index in [2.05, 4.69) is 42.9 Å². The summed E-state index contributed by atoms with van der Waals surface area (Å²) >= 11 is 0. The maximum Gasteiger partial charge on any atom is 0.354 e. The number of nitrogen functional groups attached to an aromatic ring is 1. The van der Waals surface area contributed by atoms with Gasteiger partial charge in [-0.25, -0.2) is 9.78 Å². The lowest BCUT2D eigenvalue weighted by Crippen LogP contribution is -2.40. The van der Waals surface area contributed by atoms with Gasteiger partial charge in [-0.3, -0.25) is 4.90 Å². The molecule has 0 unspecified atom stereocenters. The Morgan fingerprint density at radius 2 is 1.95 bits per heavy atom. The van der Waals surface area contributed by atoms with E-state index in [4.69, 9.17) is 10.8 Å². The molecule has 0 bridgehead atoms. The van der Waals surface area contributed by atoms with Gasteiger partial charge in [0.25, 0.3) is 0 Å². The van der Waals surface area contributed by atoms with Crippen LogP contribution >= 0.6 is 0 Å². The minimum atomic E-state index is -1.06. The molecule has 6 heteroatoms. The van der Waals surface area contributed by atoms with Crippen molar-refractivity contribution >= 4 is 17.5 Å². The van der Waals surface area contributed by atoms with Crippen molar-refractivity contribution in [1.82, 2.24) is 9.88 Å². The van der Waals surface area contributed by atoms with Crippen LogP contribution in [0.15, 0.2) is 12.1 Å². The van der Waals surface area contributed by atoms with Crippen LogP contribution in [0.2, 0.25) is 0 Å². The number of nitrogens with two attached hydrogens (primary N) is 1. The maximum absolute atomic E-state index is 10.9. The summed E-state index contributed by atoms with van der Waals surface area (Å²) in [7, 11) is 0. The highest BCUT2D eigenvalue weighted by Crippen LogP contribution is 2.15. The van der Waals surface area contributed by atoms with E-state index < -0.39 is 5.97 Å². The molecule has 1 heterocycles. The second-order valence-corrected chi connectivity index (χ2v) is 5.29. The van der Waals surface area contributed by atoms with Crippen molar-refractivity contribution in [3.63, 3.8) is 0 Å². The molecule has 112 valence electrons. The van der Waals surface area contributed by atoms with Gasteiger partial charge in [0, 0.05) is 25.2 Å². The molecular formula is C14H24N4O2. The van der Waals surface area contributed by atoms with E-state index in [1.807, 2.05) is 0 Å². The fourth-order valence-electron chi connectivity index (χ4n) is 2.15. The van der Waals surface area contributed by atoms with Crippen LogP contribution in [-0.4, -0.2) is 46.1 Å². The summed E-state index contributed by atoms with van der Waals surface area (Å²) in [5.41, 5.74) is 6.24. The minimum absolute atomic E-state index is 0.00808. The smallest absolute Gasteiger partial charge is 0.354 e. The van der Waals surface area contributed by atoms with Crippen molar-refractivity contribution in [2.75, 3.05) is 24.1 Å². The highest BCUT2D eigenvalue weighted by atomic mass is 16.4. The molecule has 0 atom stereocenters. The van der Waals surface area contributed by atoms with Gasteiger partial charge in [0.1, 0.15) is 5.82 Å². The SMILES string of the molecule is CC(C)N(CCNc1nc(C(=O)O)ccc1N)C(C)C. The van der Waals surface area contributed by atoms with Crippen molar-refractivity contribution in [2.45, 2.75) is 39.8 Å². The van der Waals surface area contributed by atoms with Gasteiger partial charge in [-0.05, 0) is 39.8 Å². The van der Waals surface area contributed by atoms with Crippen molar-refractivity contribution in [3.8, 4) is 0 Å². The molecule has 0 aliphatic carbocycles. The number of rotatable bonds is 7. The summed E-state index contributed by atoms with van der Waals surface area (Å²) in [6.07, 6.45) is 0. The average Bonchev–Trinajstić information content (AvgIpc) is 2.35. The lowest BCUT2D eigenvalue weighted by Gasteiger charge is -2.30. The fourth-order valence-corrected chi connectivity index (χ4v) is 2.15. The van der Waals surface area contributed by atoms with Crippen molar-refractivity contribution < 1.29 is 9.90 Å². The number of nitrogens with one attached hydrogen (secondary N) is 1. The molecule has 0 aliphatic rings. The average molecular weight is 280 g/mol. The van der Waals surface area contributed by atoms with Gasteiger partial charge in [0.2, 0.25) is 0 Å². The van der Waals surface area contributed by atoms with Crippen molar-refractivity contribution in [1.29, 1.82) is 0 Å². The summed E-state index contributed by atoms with van der Waals surface area (Å²) < 4.78 is 0. The third-order valence-corrected chi connectivity index (χ3v) is 3.13. The molecule has 20 heavy (non-hydrogen) atoms. The molecule has 1 aromatic heterocycles. The third-order valence-electron chi connectivity index (χ3n) is 3.13. The number of aromatic carboxylic acids is 1. The zero-order valence-corrected chi connectivity index (χ0v) is 12.6. The second-order valence-electron chi connectivity index (χ2n) is 5.29. The predicted molar refractivity (Wildman–Crippen MR) is 81.1 cm³/mol. The summed E-state index contributed by atoms with van der Waals surface area (Å²) in [6.45, 7) is 10.1. The Hall–Kier alpha value is -1.82. The van der Waals surface area contributed by atoms with Crippen LogP contribution in [0.3, 0.4) is 0 Å². The Kier molecular flexibility index (Phi) is 5.76. The maximum atomic E-state index is 10.9. The number of hydrogen-bond acceptors (Lipinski definition) is 5. The monoisotopic (exact) mass is 280 g/mol. The lowest BCUT2D eigenvalue weighted by atomic mass is 10.2. The topological polar surface area (TPSA) is 91.5 Å². The zero-order chi connectivity index (χ0) is 15.3. The highest BCUT2D eigenvalue weighted by molar-refractivity contribution is 5.86. The molecule has 6 nitrogen and oxygen atoms in total. The van der Waals surface area contributed by atoms with E-state index in [0.29, 0.717) is 30.1 Å². The van der Waals surface area contributed by atoms with Crippen LogP contribution in [0.4, 0.5) is 11.5 Å². The third kappa shape index (κ3) is 4.38. The van der Waals surface area contributed by atoms with Crippen LogP contribution in [0.5, 0.6) is 0 Å². The summed E-state index contributed by atoms with van der Waals surface area (Å²) in [5, 5.41) is 12.0. The summed E-state index contributed by atoms with van der Waals surface area (Å²) in [6, 6.07) is 3.86. The fraction of sp³-hybridized carbons (Fsp3) is 0.571. The Morgan fingerprint density at radius 3 is 2.45 bits per heavy atom. The van der Waals surface area contributed by atoms with Gasteiger partial charge in [0.05, 0.1) is 5.69 Å². The minimum Gasteiger partial charge on any atom is -0.477 e. The first kappa shape index (κ1) is 16.2. The van der Waals surface area contributed by atoms with Crippen LogP contribution in [-0.2, 0) is 0 Å². The van der Waals surface area contributed by atoms with E-state index in [1.54, 1.807) is 6.07 Å². The number of carboxylic acids is 1. The largest absolute Gasteiger partial charge is 0.477 e. The second kappa shape index (κ2) is 7.09. The molecule has 1 rings (SSSR count). The van der Waals surface area contributed by atoms with Gasteiger partial charge >= 0.3 is 5.97 Å². The molecule has 0 aromatic carbocycles. The van der Waals surface area contributed by atoms with E-state index in [0.717, 1.165) is 6.54 Å². The zero-order valence-electron chi connectivity index (χ0n) is 12.6. The molecular weight excluding hydrogens is 256 g/mol. The summed E-state index contributed by atoms with van der Waals surface area (Å²) in [5.74, 6) is -0.628. The van der Waals surface area contributed by atoms with Gasteiger partial charge < -0.3 is 16.2 Å². The molecule has 4 N–H and O–H groups in total. The number of anilines is 2. The first-order chi connectivity index (χ1) is 9.32.